The molecule has 0 bridgehead atoms. The zero-order valence-corrected chi connectivity index (χ0v) is 15.7. The minimum absolute atomic E-state index is 0.104. The summed E-state index contributed by atoms with van der Waals surface area (Å²) in [5.41, 5.74) is 3.79. The average Bonchev–Trinajstić information content (AvgIpc) is 3.22. The average molecular weight is 367 g/mol. The number of anilines is 1. The van der Waals surface area contributed by atoms with E-state index in [0.717, 1.165) is 19.4 Å². The van der Waals surface area contributed by atoms with Gasteiger partial charge in [0.1, 0.15) is 0 Å². The maximum absolute atomic E-state index is 12.8. The van der Waals surface area contributed by atoms with Crippen LogP contribution in [0.1, 0.15) is 28.1 Å². The lowest BCUT2D eigenvalue weighted by atomic mass is 9.99. The van der Waals surface area contributed by atoms with E-state index < -0.39 is 0 Å². The van der Waals surface area contributed by atoms with E-state index in [1.54, 1.807) is 17.0 Å². The van der Waals surface area contributed by atoms with Crippen LogP contribution in [-0.4, -0.2) is 60.9 Å². The number of rotatable bonds is 3. The van der Waals surface area contributed by atoms with Crippen molar-refractivity contribution in [3.8, 4) is 0 Å². The molecule has 1 fully saturated rings. The van der Waals surface area contributed by atoms with Crippen LogP contribution in [0.25, 0.3) is 0 Å². The summed E-state index contributed by atoms with van der Waals surface area (Å²) in [6.07, 6.45) is 3.66. The molecule has 0 unspecified atom stereocenters. The van der Waals surface area contributed by atoms with Crippen LogP contribution in [0, 0.1) is 6.92 Å². The van der Waals surface area contributed by atoms with Gasteiger partial charge in [-0.1, -0.05) is 17.7 Å². The molecular weight excluding hydrogens is 342 g/mol. The Labute approximate surface area is 159 Å². The molecule has 0 saturated carbocycles. The Balaban J connectivity index is 1.35. The predicted octanol–water partition coefficient (Wildman–Crippen LogP) is 2.33. The minimum atomic E-state index is -0.104. The zero-order chi connectivity index (χ0) is 18.8. The van der Waals surface area contributed by atoms with Crippen molar-refractivity contribution >= 4 is 17.5 Å². The molecule has 2 aliphatic rings. The Morgan fingerprint density at radius 3 is 2.56 bits per heavy atom. The number of benzene rings is 1. The third-order valence-corrected chi connectivity index (χ3v) is 5.43. The minimum Gasteiger partial charge on any atom is -0.459 e. The van der Waals surface area contributed by atoms with Crippen molar-refractivity contribution in [1.29, 1.82) is 0 Å². The number of amides is 2. The summed E-state index contributed by atoms with van der Waals surface area (Å²) in [6, 6.07) is 9.86. The first-order chi connectivity index (χ1) is 13.1. The molecule has 2 amide bonds. The van der Waals surface area contributed by atoms with Gasteiger partial charge in [0.25, 0.3) is 5.91 Å². The first kappa shape index (κ1) is 17.6. The molecule has 3 heterocycles. The Bertz CT molecular complexity index is 823. The maximum atomic E-state index is 12.8. The molecule has 1 saturated heterocycles. The van der Waals surface area contributed by atoms with Crippen molar-refractivity contribution < 1.29 is 14.0 Å². The summed E-state index contributed by atoms with van der Waals surface area (Å²) in [5.74, 6) is 0.385. The smallest absolute Gasteiger partial charge is 0.289 e. The predicted molar refractivity (Wildman–Crippen MR) is 103 cm³/mol. The third-order valence-electron chi connectivity index (χ3n) is 5.43. The molecule has 142 valence electrons. The van der Waals surface area contributed by atoms with E-state index in [-0.39, 0.29) is 11.8 Å². The summed E-state index contributed by atoms with van der Waals surface area (Å²) >= 11 is 0. The van der Waals surface area contributed by atoms with Gasteiger partial charge in [-0.05, 0) is 43.5 Å². The molecule has 0 spiro atoms. The van der Waals surface area contributed by atoms with Gasteiger partial charge in [0, 0.05) is 38.4 Å². The standard InChI is InChI=1S/C21H25N3O3/c1-16-6-7-18-17(14-16)4-2-8-24(18)15-20(25)22-9-11-23(12-10-22)21(26)19-5-3-13-27-19/h3,5-7,13-14H,2,4,8-12,15H2,1H3. The molecule has 1 aromatic heterocycles. The van der Waals surface area contributed by atoms with Gasteiger partial charge < -0.3 is 19.1 Å². The quantitative estimate of drug-likeness (QED) is 0.836. The van der Waals surface area contributed by atoms with Crippen LogP contribution < -0.4 is 4.90 Å². The molecule has 1 aromatic carbocycles. The fourth-order valence-electron chi connectivity index (χ4n) is 3.95. The van der Waals surface area contributed by atoms with Gasteiger partial charge in [0.15, 0.2) is 5.76 Å². The van der Waals surface area contributed by atoms with Crippen LogP contribution in [0.15, 0.2) is 41.0 Å². The van der Waals surface area contributed by atoms with E-state index in [4.69, 9.17) is 4.42 Å². The first-order valence-corrected chi connectivity index (χ1v) is 9.57. The fraction of sp³-hybridized carbons (Fsp3) is 0.429. The Kier molecular flexibility index (Phi) is 4.88. The van der Waals surface area contributed by atoms with Crippen molar-refractivity contribution in [3.05, 3.63) is 53.5 Å². The van der Waals surface area contributed by atoms with Crippen LogP contribution >= 0.6 is 0 Å². The van der Waals surface area contributed by atoms with Crippen molar-refractivity contribution in [3.63, 3.8) is 0 Å². The molecular formula is C21H25N3O3. The van der Waals surface area contributed by atoms with Gasteiger partial charge in [0.05, 0.1) is 12.8 Å². The lowest BCUT2D eigenvalue weighted by molar-refractivity contribution is -0.131. The molecule has 0 atom stereocenters. The molecule has 6 nitrogen and oxygen atoms in total. The molecule has 2 aromatic rings. The molecule has 6 heteroatoms. The van der Waals surface area contributed by atoms with Gasteiger partial charge in [-0.3, -0.25) is 9.59 Å². The highest BCUT2D eigenvalue weighted by molar-refractivity contribution is 5.91. The van der Waals surface area contributed by atoms with E-state index >= 15 is 0 Å². The van der Waals surface area contributed by atoms with Crippen LogP contribution in [0.3, 0.4) is 0 Å². The Hall–Kier alpha value is -2.76. The number of carbonyl (C=O) groups excluding carboxylic acids is 2. The molecule has 0 aliphatic carbocycles. The fourth-order valence-corrected chi connectivity index (χ4v) is 3.95. The highest BCUT2D eigenvalue weighted by Crippen LogP contribution is 2.27. The van der Waals surface area contributed by atoms with Crippen LogP contribution in [0.2, 0.25) is 0 Å². The normalized spacial score (nSPS) is 17.0. The Morgan fingerprint density at radius 2 is 1.81 bits per heavy atom. The highest BCUT2D eigenvalue weighted by Gasteiger charge is 2.27. The van der Waals surface area contributed by atoms with Gasteiger partial charge in [0.2, 0.25) is 5.91 Å². The number of carbonyl (C=O) groups is 2. The van der Waals surface area contributed by atoms with Crippen molar-refractivity contribution in [1.82, 2.24) is 9.80 Å². The monoisotopic (exact) mass is 367 g/mol. The topological polar surface area (TPSA) is 57.0 Å². The number of fused-ring (bicyclic) bond motifs is 1. The second kappa shape index (κ2) is 7.47. The number of furan rings is 1. The molecule has 0 radical (unpaired) electrons. The van der Waals surface area contributed by atoms with E-state index in [0.29, 0.717) is 38.5 Å². The van der Waals surface area contributed by atoms with Gasteiger partial charge in [-0.15, -0.1) is 0 Å². The van der Waals surface area contributed by atoms with Gasteiger partial charge >= 0.3 is 0 Å². The second-order valence-electron chi connectivity index (χ2n) is 7.31. The summed E-state index contributed by atoms with van der Waals surface area (Å²) in [7, 11) is 0. The number of nitrogens with zero attached hydrogens (tertiary/aromatic N) is 3. The summed E-state index contributed by atoms with van der Waals surface area (Å²) in [5, 5.41) is 0. The molecule has 27 heavy (non-hydrogen) atoms. The summed E-state index contributed by atoms with van der Waals surface area (Å²) in [6.45, 7) is 5.65. The number of piperazine rings is 1. The van der Waals surface area contributed by atoms with Crippen molar-refractivity contribution in [2.75, 3.05) is 44.2 Å². The van der Waals surface area contributed by atoms with Crippen LogP contribution in [-0.2, 0) is 11.2 Å². The molecule has 4 rings (SSSR count). The number of hydrogen-bond acceptors (Lipinski definition) is 4. The van der Waals surface area contributed by atoms with E-state index in [9.17, 15) is 9.59 Å². The van der Waals surface area contributed by atoms with E-state index in [1.165, 1.54) is 23.1 Å². The second-order valence-corrected chi connectivity index (χ2v) is 7.31. The molecule has 2 aliphatic heterocycles. The van der Waals surface area contributed by atoms with Gasteiger partial charge in [-0.25, -0.2) is 0 Å². The summed E-state index contributed by atoms with van der Waals surface area (Å²) in [4.78, 5) is 31.0. The van der Waals surface area contributed by atoms with E-state index in [1.807, 2.05) is 4.90 Å². The lowest BCUT2D eigenvalue weighted by Crippen LogP contribution is -2.53. The SMILES string of the molecule is Cc1ccc2c(c1)CCCN2CC(=O)N1CCN(C(=O)c2ccco2)CC1. The van der Waals surface area contributed by atoms with Crippen LogP contribution in [0.4, 0.5) is 5.69 Å². The van der Waals surface area contributed by atoms with Crippen molar-refractivity contribution in [2.45, 2.75) is 19.8 Å². The summed E-state index contributed by atoms with van der Waals surface area (Å²) < 4.78 is 5.19. The molecule has 0 N–H and O–H groups in total. The number of aryl methyl sites for hydroxylation is 2. The number of hydrogen-bond donors (Lipinski definition) is 0. The Morgan fingerprint density at radius 1 is 1.04 bits per heavy atom. The van der Waals surface area contributed by atoms with Crippen LogP contribution in [0.5, 0.6) is 0 Å². The zero-order valence-electron chi connectivity index (χ0n) is 15.7. The van der Waals surface area contributed by atoms with E-state index in [2.05, 4.69) is 30.0 Å². The lowest BCUT2D eigenvalue weighted by Gasteiger charge is -2.37. The third kappa shape index (κ3) is 3.70. The van der Waals surface area contributed by atoms with Gasteiger partial charge in [-0.2, -0.15) is 0 Å². The largest absolute Gasteiger partial charge is 0.459 e. The van der Waals surface area contributed by atoms with Crippen molar-refractivity contribution in [2.24, 2.45) is 0 Å². The highest BCUT2D eigenvalue weighted by atomic mass is 16.3. The maximum Gasteiger partial charge on any atom is 0.289 e. The first-order valence-electron chi connectivity index (χ1n) is 9.57.